The van der Waals surface area contributed by atoms with E-state index in [1.807, 2.05) is 0 Å². The summed E-state index contributed by atoms with van der Waals surface area (Å²) in [5, 5.41) is 3.29. The maximum atomic E-state index is 12.1. The number of carbonyl (C=O) groups excluding carboxylic acids is 1. The lowest BCUT2D eigenvalue weighted by atomic mass is 10.0. The molecule has 112 valence electrons. The molecule has 1 N–H and O–H groups in total. The molecule has 0 fully saturated rings. The Morgan fingerprint density at radius 3 is 2.64 bits per heavy atom. The summed E-state index contributed by atoms with van der Waals surface area (Å²) in [6.45, 7) is 0. The summed E-state index contributed by atoms with van der Waals surface area (Å²) in [6, 6.07) is 11.6. The molecule has 0 unspecified atom stereocenters. The van der Waals surface area contributed by atoms with Crippen LogP contribution in [-0.4, -0.2) is 20.6 Å². The van der Waals surface area contributed by atoms with E-state index in [1.165, 1.54) is 12.1 Å². The third-order valence-electron chi connectivity index (χ3n) is 3.36. The Balaban J connectivity index is 2.11. The van der Waals surface area contributed by atoms with Crippen LogP contribution in [0.4, 0.5) is 5.69 Å². The number of benzene rings is 2. The zero-order chi connectivity index (χ0) is 15.9. The van der Waals surface area contributed by atoms with Crippen molar-refractivity contribution in [1.29, 1.82) is 0 Å². The van der Waals surface area contributed by atoms with Crippen molar-refractivity contribution in [1.82, 2.24) is 0 Å². The molecule has 0 saturated heterocycles. The number of anilines is 1. The van der Waals surface area contributed by atoms with Gasteiger partial charge >= 0.3 is 0 Å². The van der Waals surface area contributed by atoms with Gasteiger partial charge in [0.2, 0.25) is 0 Å². The van der Waals surface area contributed by atoms with E-state index < -0.39 is 9.84 Å². The van der Waals surface area contributed by atoms with Crippen LogP contribution < -0.4 is 5.32 Å². The van der Waals surface area contributed by atoms with Gasteiger partial charge in [-0.25, -0.2) is 8.42 Å². The van der Waals surface area contributed by atoms with E-state index in [1.54, 1.807) is 36.4 Å². The summed E-state index contributed by atoms with van der Waals surface area (Å²) in [5.41, 5.74) is 2.51. The van der Waals surface area contributed by atoms with E-state index in [4.69, 9.17) is 11.6 Å². The van der Waals surface area contributed by atoms with Gasteiger partial charge in [0.05, 0.1) is 4.90 Å². The first-order valence-electron chi connectivity index (χ1n) is 6.48. The lowest BCUT2D eigenvalue weighted by molar-refractivity contribution is -0.110. The molecular weight excluding hydrogens is 322 g/mol. The minimum Gasteiger partial charge on any atom is -0.321 e. The van der Waals surface area contributed by atoms with Gasteiger partial charge in [0, 0.05) is 28.1 Å². The van der Waals surface area contributed by atoms with Crippen LogP contribution in [-0.2, 0) is 14.6 Å². The molecule has 3 rings (SSSR count). The molecule has 0 saturated carbocycles. The second-order valence-corrected chi connectivity index (χ2v) is 7.50. The quantitative estimate of drug-likeness (QED) is 0.858. The number of sulfone groups is 1. The Labute approximate surface area is 133 Å². The van der Waals surface area contributed by atoms with Crippen molar-refractivity contribution in [3.63, 3.8) is 0 Å². The molecule has 1 amide bonds. The zero-order valence-corrected chi connectivity index (χ0v) is 13.2. The Bertz CT molecular complexity index is 917. The number of hydrogen-bond donors (Lipinski definition) is 1. The van der Waals surface area contributed by atoms with E-state index in [-0.39, 0.29) is 10.8 Å². The molecule has 0 radical (unpaired) electrons. The van der Waals surface area contributed by atoms with E-state index in [0.717, 1.165) is 6.26 Å². The van der Waals surface area contributed by atoms with Gasteiger partial charge in [-0.1, -0.05) is 23.7 Å². The predicted molar refractivity (Wildman–Crippen MR) is 87.5 cm³/mol. The van der Waals surface area contributed by atoms with Gasteiger partial charge in [-0.15, -0.1) is 0 Å². The number of fused-ring (bicyclic) bond motifs is 1. The lowest BCUT2D eigenvalue weighted by Gasteiger charge is -2.02. The highest BCUT2D eigenvalue weighted by Crippen LogP contribution is 2.35. The maximum Gasteiger partial charge on any atom is 0.256 e. The van der Waals surface area contributed by atoms with Crippen LogP contribution in [0.1, 0.15) is 11.1 Å². The van der Waals surface area contributed by atoms with Crippen LogP contribution in [0, 0.1) is 0 Å². The third kappa shape index (κ3) is 2.77. The Morgan fingerprint density at radius 2 is 1.91 bits per heavy atom. The van der Waals surface area contributed by atoms with E-state index in [9.17, 15) is 13.2 Å². The molecular formula is C16H12ClNO3S. The summed E-state index contributed by atoms with van der Waals surface area (Å²) in [4.78, 5) is 12.3. The Hall–Kier alpha value is -2.11. The van der Waals surface area contributed by atoms with Crippen molar-refractivity contribution in [2.75, 3.05) is 11.6 Å². The average molecular weight is 334 g/mol. The average Bonchev–Trinajstić information content (AvgIpc) is 2.75. The van der Waals surface area contributed by atoms with Crippen molar-refractivity contribution < 1.29 is 13.2 Å². The summed E-state index contributed by atoms with van der Waals surface area (Å²) in [7, 11) is -3.29. The molecule has 22 heavy (non-hydrogen) atoms. The van der Waals surface area contributed by atoms with Gasteiger partial charge in [-0.2, -0.15) is 0 Å². The second kappa shape index (κ2) is 5.26. The molecule has 0 aliphatic carbocycles. The molecule has 1 aliphatic rings. The number of carbonyl (C=O) groups is 1. The molecule has 0 bridgehead atoms. The topological polar surface area (TPSA) is 63.2 Å². The van der Waals surface area contributed by atoms with Gasteiger partial charge in [0.15, 0.2) is 9.84 Å². The van der Waals surface area contributed by atoms with Gasteiger partial charge in [-0.05, 0) is 42.0 Å². The van der Waals surface area contributed by atoms with Crippen molar-refractivity contribution in [3.8, 4) is 0 Å². The van der Waals surface area contributed by atoms with Crippen LogP contribution in [0.15, 0.2) is 47.4 Å². The van der Waals surface area contributed by atoms with Crippen molar-refractivity contribution in [2.45, 2.75) is 4.90 Å². The first kappa shape index (κ1) is 14.8. The van der Waals surface area contributed by atoms with Gasteiger partial charge < -0.3 is 5.32 Å². The highest BCUT2D eigenvalue weighted by atomic mass is 35.5. The highest BCUT2D eigenvalue weighted by molar-refractivity contribution is 7.90. The summed E-state index contributed by atoms with van der Waals surface area (Å²) in [5.74, 6) is -0.234. The highest BCUT2D eigenvalue weighted by Gasteiger charge is 2.24. The molecule has 0 spiro atoms. The fraction of sp³-hybridized carbons (Fsp3) is 0.0625. The predicted octanol–water partition coefficient (Wildman–Crippen LogP) is 3.24. The maximum absolute atomic E-state index is 12.1. The fourth-order valence-corrected chi connectivity index (χ4v) is 3.15. The second-order valence-electron chi connectivity index (χ2n) is 5.05. The van der Waals surface area contributed by atoms with Crippen LogP contribution in [0.25, 0.3) is 11.6 Å². The van der Waals surface area contributed by atoms with Crippen molar-refractivity contribution >= 4 is 44.7 Å². The fourth-order valence-electron chi connectivity index (χ4n) is 2.31. The van der Waals surface area contributed by atoms with Crippen molar-refractivity contribution in [2.24, 2.45) is 0 Å². The number of halogens is 1. The number of rotatable bonds is 2. The summed E-state index contributed by atoms with van der Waals surface area (Å²) < 4.78 is 23.2. The van der Waals surface area contributed by atoms with E-state index in [2.05, 4.69) is 5.32 Å². The molecule has 4 nitrogen and oxygen atoms in total. The van der Waals surface area contributed by atoms with Crippen LogP contribution in [0.5, 0.6) is 0 Å². The van der Waals surface area contributed by atoms with E-state index >= 15 is 0 Å². The molecule has 6 heteroatoms. The van der Waals surface area contributed by atoms with Crippen LogP contribution in [0.2, 0.25) is 5.02 Å². The Kier molecular flexibility index (Phi) is 3.54. The normalized spacial score (nSPS) is 15.7. The lowest BCUT2D eigenvalue weighted by Crippen LogP contribution is -2.03. The van der Waals surface area contributed by atoms with Gasteiger partial charge in [0.1, 0.15) is 0 Å². The number of amides is 1. The molecule has 0 aromatic heterocycles. The monoisotopic (exact) mass is 333 g/mol. The van der Waals surface area contributed by atoms with Crippen LogP contribution >= 0.6 is 11.6 Å². The zero-order valence-electron chi connectivity index (χ0n) is 11.6. The molecule has 2 aromatic carbocycles. The Morgan fingerprint density at radius 1 is 1.14 bits per heavy atom. The molecule has 0 atom stereocenters. The largest absolute Gasteiger partial charge is 0.321 e. The summed E-state index contributed by atoms with van der Waals surface area (Å²) >= 11 is 5.98. The summed E-state index contributed by atoms with van der Waals surface area (Å²) in [6.07, 6.45) is 2.81. The first-order chi connectivity index (χ1) is 10.3. The van der Waals surface area contributed by atoms with E-state index in [0.29, 0.717) is 27.4 Å². The smallest absolute Gasteiger partial charge is 0.256 e. The first-order valence-corrected chi connectivity index (χ1v) is 8.74. The number of hydrogen-bond acceptors (Lipinski definition) is 3. The SMILES string of the molecule is CS(=O)(=O)c1cccc(/C=C2/C(=O)Nc3ccc(Cl)cc32)c1. The minimum absolute atomic E-state index is 0.214. The minimum atomic E-state index is -3.29. The van der Waals surface area contributed by atoms with Crippen LogP contribution in [0.3, 0.4) is 0 Å². The number of nitrogens with one attached hydrogen (secondary N) is 1. The molecule has 1 aliphatic heterocycles. The van der Waals surface area contributed by atoms with Gasteiger partial charge in [-0.3, -0.25) is 4.79 Å². The molecule has 2 aromatic rings. The van der Waals surface area contributed by atoms with Crippen molar-refractivity contribution in [3.05, 3.63) is 58.6 Å². The third-order valence-corrected chi connectivity index (χ3v) is 4.71. The van der Waals surface area contributed by atoms with Gasteiger partial charge in [0.25, 0.3) is 5.91 Å². The standard InChI is InChI=1S/C16H12ClNO3S/c1-22(20,21)12-4-2-3-10(7-12)8-14-13-9-11(17)5-6-15(13)18-16(14)19/h2-9H,1H3,(H,18,19)/b14-8+. The molecule has 1 heterocycles.